The predicted octanol–water partition coefficient (Wildman–Crippen LogP) is 2.82. The molecule has 0 bridgehead atoms. The van der Waals surface area contributed by atoms with Gasteiger partial charge in [0.15, 0.2) is 5.82 Å². The van der Waals surface area contributed by atoms with Crippen molar-refractivity contribution in [3.63, 3.8) is 0 Å². The maximum atomic E-state index is 5.93. The molecule has 0 spiro atoms. The maximum absolute atomic E-state index is 5.93. The molecule has 18 heavy (non-hydrogen) atoms. The Morgan fingerprint density at radius 3 is 2.89 bits per heavy atom. The first-order chi connectivity index (χ1) is 8.83. The monoisotopic (exact) mass is 257 g/mol. The molecule has 2 heterocycles. The fraction of sp³-hybridized carbons (Fsp3) is 0. The number of anilines is 2. The molecule has 3 rings (SSSR count). The quantitative estimate of drug-likeness (QED) is 0.765. The fourth-order valence-corrected chi connectivity index (χ4v) is 1.79. The highest BCUT2D eigenvalue weighted by atomic mass is 35.5. The lowest BCUT2D eigenvalue weighted by atomic mass is 10.3. The van der Waals surface area contributed by atoms with Gasteiger partial charge in [0.25, 0.3) is 0 Å². The lowest BCUT2D eigenvalue weighted by Gasteiger charge is -2.07. The van der Waals surface area contributed by atoms with Crippen LogP contribution in [0.3, 0.4) is 0 Å². The summed E-state index contributed by atoms with van der Waals surface area (Å²) in [4.78, 5) is 16.4. The molecular weight excluding hydrogens is 250 g/mol. The molecule has 6 heteroatoms. The van der Waals surface area contributed by atoms with E-state index in [1.165, 1.54) is 12.7 Å². The van der Waals surface area contributed by atoms with Crippen molar-refractivity contribution in [2.45, 2.75) is 0 Å². The van der Waals surface area contributed by atoms with E-state index in [-0.39, 0.29) is 0 Å². The number of aromatic nitrogens is 4. The Morgan fingerprint density at radius 1 is 1.06 bits per heavy atom. The van der Waals surface area contributed by atoms with E-state index in [1.807, 2.05) is 24.3 Å². The Hall–Kier alpha value is -2.27. The maximum Gasteiger partial charge on any atom is 0.160 e. The van der Waals surface area contributed by atoms with Crippen molar-refractivity contribution in [2.24, 2.45) is 0 Å². The van der Waals surface area contributed by atoms with Gasteiger partial charge in [0.2, 0.25) is 0 Å². The van der Waals surface area contributed by atoms with E-state index >= 15 is 0 Å². The van der Waals surface area contributed by atoms with Gasteiger partial charge in [-0.15, -0.1) is 0 Å². The summed E-state index contributed by atoms with van der Waals surface area (Å²) in [6.07, 6.45) is 4.58. The minimum absolute atomic E-state index is 0.629. The van der Waals surface area contributed by atoms with Gasteiger partial charge in [0, 0.05) is 10.7 Å². The minimum atomic E-state index is 0.629. The number of benzene rings is 1. The third kappa shape index (κ3) is 2.08. The normalized spacial score (nSPS) is 10.5. The standard InChI is InChI=1S/C12H8ClN5/c13-8-2-1-3-9(4-8)18-12-11-10(15-7-17-12)5-14-6-16-11/h1-7H,(H,15,17,18). The van der Waals surface area contributed by atoms with Crippen molar-refractivity contribution in [3.8, 4) is 0 Å². The smallest absolute Gasteiger partial charge is 0.160 e. The molecule has 2 aromatic heterocycles. The van der Waals surface area contributed by atoms with Crippen LogP contribution in [-0.2, 0) is 0 Å². The van der Waals surface area contributed by atoms with Crippen LogP contribution in [0.5, 0.6) is 0 Å². The number of hydrogen-bond acceptors (Lipinski definition) is 5. The zero-order valence-electron chi connectivity index (χ0n) is 9.21. The van der Waals surface area contributed by atoms with E-state index in [2.05, 4.69) is 25.3 Å². The number of hydrogen-bond donors (Lipinski definition) is 1. The molecule has 88 valence electrons. The summed E-state index contributed by atoms with van der Waals surface area (Å²) >= 11 is 5.93. The van der Waals surface area contributed by atoms with Gasteiger partial charge in [0.1, 0.15) is 23.7 Å². The molecule has 0 aliphatic heterocycles. The first kappa shape index (κ1) is 10.9. The Bertz CT molecular complexity index is 695. The van der Waals surface area contributed by atoms with Gasteiger partial charge in [-0.1, -0.05) is 17.7 Å². The summed E-state index contributed by atoms with van der Waals surface area (Å²) < 4.78 is 0. The van der Waals surface area contributed by atoms with Crippen LogP contribution in [0.2, 0.25) is 5.02 Å². The Labute approximate surface area is 108 Å². The second-order valence-corrected chi connectivity index (χ2v) is 4.05. The van der Waals surface area contributed by atoms with Crippen molar-refractivity contribution >= 4 is 34.1 Å². The van der Waals surface area contributed by atoms with Crippen molar-refractivity contribution < 1.29 is 0 Å². The zero-order valence-corrected chi connectivity index (χ0v) is 9.96. The SMILES string of the molecule is Clc1cccc(Nc2ncnc3cncnc23)c1. The number of nitrogens with one attached hydrogen (secondary N) is 1. The summed E-state index contributed by atoms with van der Waals surface area (Å²) in [6.45, 7) is 0. The van der Waals surface area contributed by atoms with Crippen LogP contribution in [0.1, 0.15) is 0 Å². The van der Waals surface area contributed by atoms with Crippen LogP contribution in [-0.4, -0.2) is 19.9 Å². The van der Waals surface area contributed by atoms with Crippen LogP contribution in [0.4, 0.5) is 11.5 Å². The predicted molar refractivity (Wildman–Crippen MR) is 69.9 cm³/mol. The molecule has 0 unspecified atom stereocenters. The number of rotatable bonds is 2. The summed E-state index contributed by atoms with van der Waals surface area (Å²) in [6, 6.07) is 7.40. The van der Waals surface area contributed by atoms with Crippen molar-refractivity contribution in [2.75, 3.05) is 5.32 Å². The molecule has 0 aliphatic carbocycles. The van der Waals surface area contributed by atoms with E-state index in [0.717, 1.165) is 5.69 Å². The summed E-state index contributed by atoms with van der Waals surface area (Å²) in [5, 5.41) is 3.82. The van der Waals surface area contributed by atoms with Gasteiger partial charge in [-0.3, -0.25) is 0 Å². The van der Waals surface area contributed by atoms with Gasteiger partial charge in [-0.2, -0.15) is 0 Å². The van der Waals surface area contributed by atoms with Gasteiger partial charge >= 0.3 is 0 Å². The Kier molecular flexibility index (Phi) is 2.74. The molecule has 1 N–H and O–H groups in total. The Balaban J connectivity index is 2.05. The van der Waals surface area contributed by atoms with E-state index in [1.54, 1.807) is 6.20 Å². The van der Waals surface area contributed by atoms with Crippen LogP contribution >= 0.6 is 11.6 Å². The van der Waals surface area contributed by atoms with E-state index in [9.17, 15) is 0 Å². The van der Waals surface area contributed by atoms with Gasteiger partial charge in [-0.25, -0.2) is 19.9 Å². The van der Waals surface area contributed by atoms with Gasteiger partial charge in [0.05, 0.1) is 6.20 Å². The molecule has 0 fully saturated rings. The van der Waals surface area contributed by atoms with Crippen LogP contribution in [0.25, 0.3) is 11.0 Å². The number of fused-ring (bicyclic) bond motifs is 1. The average molecular weight is 258 g/mol. The molecule has 5 nitrogen and oxygen atoms in total. The van der Waals surface area contributed by atoms with Crippen LogP contribution in [0.15, 0.2) is 43.1 Å². The molecule has 0 aliphatic rings. The number of nitrogens with zero attached hydrogens (tertiary/aromatic N) is 4. The largest absolute Gasteiger partial charge is 0.338 e. The molecular formula is C12H8ClN5. The lowest BCUT2D eigenvalue weighted by molar-refractivity contribution is 1.15. The lowest BCUT2D eigenvalue weighted by Crippen LogP contribution is -1.97. The first-order valence-electron chi connectivity index (χ1n) is 5.26. The third-order valence-electron chi connectivity index (χ3n) is 2.39. The molecule has 3 aromatic rings. The highest BCUT2D eigenvalue weighted by molar-refractivity contribution is 6.30. The molecule has 0 atom stereocenters. The molecule has 0 radical (unpaired) electrons. The second-order valence-electron chi connectivity index (χ2n) is 3.61. The van der Waals surface area contributed by atoms with Gasteiger partial charge in [-0.05, 0) is 18.2 Å². The molecule has 0 saturated heterocycles. The topological polar surface area (TPSA) is 63.6 Å². The molecule has 0 saturated carbocycles. The van der Waals surface area contributed by atoms with Crippen molar-refractivity contribution in [1.82, 2.24) is 19.9 Å². The summed E-state index contributed by atoms with van der Waals surface area (Å²) in [7, 11) is 0. The van der Waals surface area contributed by atoms with Crippen molar-refractivity contribution in [3.05, 3.63) is 48.1 Å². The fourth-order valence-electron chi connectivity index (χ4n) is 1.60. The molecule has 0 amide bonds. The second kappa shape index (κ2) is 4.54. The van der Waals surface area contributed by atoms with Gasteiger partial charge < -0.3 is 5.32 Å². The summed E-state index contributed by atoms with van der Waals surface area (Å²) in [5.74, 6) is 0.629. The first-order valence-corrected chi connectivity index (χ1v) is 5.64. The average Bonchev–Trinajstić information content (AvgIpc) is 2.39. The third-order valence-corrected chi connectivity index (χ3v) is 2.62. The van der Waals surface area contributed by atoms with Crippen molar-refractivity contribution in [1.29, 1.82) is 0 Å². The van der Waals surface area contributed by atoms with Crippen LogP contribution < -0.4 is 5.32 Å². The zero-order chi connectivity index (χ0) is 12.4. The van der Waals surface area contributed by atoms with E-state index < -0.39 is 0 Å². The minimum Gasteiger partial charge on any atom is -0.338 e. The van der Waals surface area contributed by atoms with Crippen LogP contribution in [0, 0.1) is 0 Å². The molecule has 1 aromatic carbocycles. The Morgan fingerprint density at radius 2 is 2.00 bits per heavy atom. The van der Waals surface area contributed by atoms with E-state index in [0.29, 0.717) is 21.9 Å². The van der Waals surface area contributed by atoms with E-state index in [4.69, 9.17) is 11.6 Å². The summed E-state index contributed by atoms with van der Waals surface area (Å²) in [5.41, 5.74) is 2.21. The number of halogens is 1. The highest BCUT2D eigenvalue weighted by Gasteiger charge is 2.05. The highest BCUT2D eigenvalue weighted by Crippen LogP contribution is 2.22.